The van der Waals surface area contributed by atoms with E-state index in [0.717, 1.165) is 39.2 Å². The second-order valence-electron chi connectivity index (χ2n) is 7.45. The quantitative estimate of drug-likeness (QED) is 0.577. The molecule has 0 atom stereocenters. The van der Waals surface area contributed by atoms with E-state index in [1.165, 1.54) is 12.1 Å². The molecule has 0 saturated heterocycles. The maximum Gasteiger partial charge on any atom is 0.123 e. The highest BCUT2D eigenvalue weighted by atomic mass is 19.1. The third-order valence-electron chi connectivity index (χ3n) is 4.83. The van der Waals surface area contributed by atoms with Crippen LogP contribution in [0.3, 0.4) is 0 Å². The van der Waals surface area contributed by atoms with Crippen LogP contribution in [0, 0.1) is 5.82 Å². The lowest BCUT2D eigenvalue weighted by Gasteiger charge is -2.24. The van der Waals surface area contributed by atoms with Gasteiger partial charge in [-0.1, -0.05) is 70.2 Å². The Kier molecular flexibility index (Phi) is 5.71. The number of hydrogen-bond donors (Lipinski definition) is 1. The molecule has 1 heterocycles. The third-order valence-corrected chi connectivity index (χ3v) is 4.83. The number of nitrogens with zero attached hydrogens (tertiary/aromatic N) is 1. The fourth-order valence-electron chi connectivity index (χ4n) is 3.62. The predicted octanol–water partition coefficient (Wildman–Crippen LogP) is 6.29. The number of aliphatic hydroxyl groups excluding tert-OH is 1. The molecule has 3 heteroatoms. The summed E-state index contributed by atoms with van der Waals surface area (Å²) < 4.78 is 13.5. The van der Waals surface area contributed by atoms with Crippen molar-refractivity contribution in [2.24, 2.45) is 0 Å². The summed E-state index contributed by atoms with van der Waals surface area (Å²) in [4.78, 5) is 5.00. The Labute approximate surface area is 160 Å². The average Bonchev–Trinajstić information content (AvgIpc) is 2.67. The van der Waals surface area contributed by atoms with Gasteiger partial charge < -0.3 is 5.11 Å². The van der Waals surface area contributed by atoms with E-state index < -0.39 is 0 Å². The van der Waals surface area contributed by atoms with Gasteiger partial charge in [0.25, 0.3) is 0 Å². The SMILES string of the molecule is CC(C)c1nc(-c2ccccc2)c(C(C)C)c(-c2ccc(F)cc2)c1CO. The number of benzene rings is 2. The van der Waals surface area contributed by atoms with E-state index in [9.17, 15) is 9.50 Å². The van der Waals surface area contributed by atoms with E-state index in [1.54, 1.807) is 12.1 Å². The zero-order chi connectivity index (χ0) is 19.6. The van der Waals surface area contributed by atoms with Crippen molar-refractivity contribution in [2.75, 3.05) is 0 Å². The van der Waals surface area contributed by atoms with Gasteiger partial charge in [0.15, 0.2) is 0 Å². The molecule has 27 heavy (non-hydrogen) atoms. The summed E-state index contributed by atoms with van der Waals surface area (Å²) in [6.07, 6.45) is 0. The van der Waals surface area contributed by atoms with Crippen LogP contribution in [0.25, 0.3) is 22.4 Å². The van der Waals surface area contributed by atoms with Crippen molar-refractivity contribution >= 4 is 0 Å². The van der Waals surface area contributed by atoms with Gasteiger partial charge in [-0.05, 0) is 40.7 Å². The largest absolute Gasteiger partial charge is 0.392 e. The molecule has 0 aliphatic heterocycles. The molecule has 0 unspecified atom stereocenters. The molecular weight excluding hydrogens is 337 g/mol. The Hall–Kier alpha value is -2.52. The topological polar surface area (TPSA) is 33.1 Å². The van der Waals surface area contributed by atoms with E-state index in [4.69, 9.17) is 4.98 Å². The lowest BCUT2D eigenvalue weighted by atomic mass is 9.84. The van der Waals surface area contributed by atoms with Crippen LogP contribution >= 0.6 is 0 Å². The molecule has 0 saturated carbocycles. The van der Waals surface area contributed by atoms with Crippen molar-refractivity contribution in [3.8, 4) is 22.4 Å². The summed E-state index contributed by atoms with van der Waals surface area (Å²) >= 11 is 0. The van der Waals surface area contributed by atoms with Crippen molar-refractivity contribution < 1.29 is 9.50 Å². The molecule has 0 amide bonds. The van der Waals surface area contributed by atoms with Crippen molar-refractivity contribution in [1.82, 2.24) is 4.98 Å². The number of aliphatic hydroxyl groups is 1. The Morgan fingerprint density at radius 1 is 0.852 bits per heavy atom. The number of rotatable bonds is 5. The molecule has 0 spiro atoms. The van der Waals surface area contributed by atoms with Gasteiger partial charge >= 0.3 is 0 Å². The summed E-state index contributed by atoms with van der Waals surface area (Å²) in [6, 6.07) is 16.6. The molecule has 2 nitrogen and oxygen atoms in total. The first-order valence-corrected chi connectivity index (χ1v) is 9.42. The second kappa shape index (κ2) is 8.01. The van der Waals surface area contributed by atoms with E-state index in [2.05, 4.69) is 39.8 Å². The van der Waals surface area contributed by atoms with Crippen LogP contribution < -0.4 is 0 Å². The van der Waals surface area contributed by atoms with Crippen LogP contribution in [0.2, 0.25) is 0 Å². The summed E-state index contributed by atoms with van der Waals surface area (Å²) in [5.41, 5.74) is 6.68. The van der Waals surface area contributed by atoms with Gasteiger partial charge in [-0.15, -0.1) is 0 Å². The van der Waals surface area contributed by atoms with Gasteiger partial charge in [0.05, 0.1) is 12.3 Å². The summed E-state index contributed by atoms with van der Waals surface area (Å²) in [7, 11) is 0. The first kappa shape index (κ1) is 19.2. The number of pyridine rings is 1. The molecule has 2 aromatic carbocycles. The van der Waals surface area contributed by atoms with Crippen LogP contribution in [0.4, 0.5) is 4.39 Å². The van der Waals surface area contributed by atoms with Gasteiger partial charge in [-0.25, -0.2) is 4.39 Å². The Morgan fingerprint density at radius 2 is 1.48 bits per heavy atom. The summed E-state index contributed by atoms with van der Waals surface area (Å²) in [5.74, 6) is 0.0890. The first-order chi connectivity index (χ1) is 12.9. The van der Waals surface area contributed by atoms with Crippen LogP contribution in [0.1, 0.15) is 56.4 Å². The minimum Gasteiger partial charge on any atom is -0.392 e. The predicted molar refractivity (Wildman–Crippen MR) is 109 cm³/mol. The monoisotopic (exact) mass is 363 g/mol. The molecule has 0 aliphatic carbocycles. The maximum atomic E-state index is 13.5. The van der Waals surface area contributed by atoms with Crippen molar-refractivity contribution in [2.45, 2.75) is 46.1 Å². The van der Waals surface area contributed by atoms with Crippen LogP contribution in [0.15, 0.2) is 54.6 Å². The lowest BCUT2D eigenvalue weighted by molar-refractivity contribution is 0.280. The highest BCUT2D eigenvalue weighted by Gasteiger charge is 2.24. The van der Waals surface area contributed by atoms with Gasteiger partial charge in [0.1, 0.15) is 5.82 Å². The molecule has 3 aromatic rings. The fraction of sp³-hybridized carbons (Fsp3) is 0.292. The highest BCUT2D eigenvalue weighted by Crippen LogP contribution is 2.41. The molecule has 0 aliphatic rings. The molecule has 0 fully saturated rings. The third kappa shape index (κ3) is 3.79. The normalized spacial score (nSPS) is 11.4. The first-order valence-electron chi connectivity index (χ1n) is 9.42. The van der Waals surface area contributed by atoms with Crippen LogP contribution in [-0.4, -0.2) is 10.1 Å². The van der Waals surface area contributed by atoms with Gasteiger partial charge in [-0.2, -0.15) is 0 Å². The molecule has 1 N–H and O–H groups in total. The van der Waals surface area contributed by atoms with E-state index in [0.29, 0.717) is 0 Å². The molecule has 3 rings (SSSR count). The van der Waals surface area contributed by atoms with Gasteiger partial charge in [-0.3, -0.25) is 4.98 Å². The molecular formula is C24H26FNO. The average molecular weight is 363 g/mol. The van der Waals surface area contributed by atoms with Crippen molar-refractivity contribution in [3.05, 3.63) is 77.2 Å². The zero-order valence-electron chi connectivity index (χ0n) is 16.3. The molecule has 140 valence electrons. The standard InChI is InChI=1S/C24H26FNO/c1-15(2)21-22(17-10-12-19(25)13-11-17)20(14-27)23(16(3)4)26-24(21)18-8-6-5-7-9-18/h5-13,15-16,27H,14H2,1-4H3. The van der Waals surface area contributed by atoms with Crippen molar-refractivity contribution in [1.29, 1.82) is 0 Å². The fourth-order valence-corrected chi connectivity index (χ4v) is 3.62. The number of aromatic nitrogens is 1. The van der Waals surface area contributed by atoms with E-state index in [-0.39, 0.29) is 24.3 Å². The highest BCUT2D eigenvalue weighted by molar-refractivity contribution is 5.80. The molecule has 1 aromatic heterocycles. The van der Waals surface area contributed by atoms with Gasteiger partial charge in [0, 0.05) is 16.8 Å². The summed E-state index contributed by atoms with van der Waals surface area (Å²) in [5, 5.41) is 10.2. The second-order valence-corrected chi connectivity index (χ2v) is 7.45. The summed E-state index contributed by atoms with van der Waals surface area (Å²) in [6.45, 7) is 8.33. The molecule has 0 bridgehead atoms. The smallest absolute Gasteiger partial charge is 0.123 e. The Balaban J connectivity index is 2.44. The van der Waals surface area contributed by atoms with E-state index in [1.807, 2.05) is 18.2 Å². The van der Waals surface area contributed by atoms with E-state index >= 15 is 0 Å². The Bertz CT molecular complexity index is 915. The van der Waals surface area contributed by atoms with Crippen LogP contribution in [0.5, 0.6) is 0 Å². The number of halogens is 1. The minimum atomic E-state index is -0.267. The minimum absolute atomic E-state index is 0.0952. The van der Waals surface area contributed by atoms with Gasteiger partial charge in [0.2, 0.25) is 0 Å². The lowest BCUT2D eigenvalue weighted by Crippen LogP contribution is -2.10. The molecule has 0 radical (unpaired) electrons. The number of hydrogen-bond acceptors (Lipinski definition) is 2. The zero-order valence-corrected chi connectivity index (χ0v) is 16.3. The Morgan fingerprint density at radius 3 is 2.00 bits per heavy atom. The maximum absolute atomic E-state index is 13.5. The van der Waals surface area contributed by atoms with Crippen molar-refractivity contribution in [3.63, 3.8) is 0 Å². The van der Waals surface area contributed by atoms with Crippen LogP contribution in [-0.2, 0) is 6.61 Å².